The molecule has 1 aliphatic heterocycles. The van der Waals surface area contributed by atoms with Gasteiger partial charge in [0.05, 0.1) is 0 Å². The normalized spacial score (nSPS) is 24.2. The smallest absolute Gasteiger partial charge is 0.119 e. The van der Waals surface area contributed by atoms with Crippen LogP contribution in [0.15, 0.2) is 24.3 Å². The van der Waals surface area contributed by atoms with E-state index in [1.807, 2.05) is 24.3 Å². The average Bonchev–Trinajstić information content (AvgIpc) is 2.86. The van der Waals surface area contributed by atoms with Crippen LogP contribution in [0.1, 0.15) is 38.7 Å². The summed E-state index contributed by atoms with van der Waals surface area (Å²) < 4.78 is 5.69. The topological polar surface area (TPSA) is 58.7 Å². The Morgan fingerprint density at radius 3 is 2.95 bits per heavy atom. The molecule has 0 aromatic heterocycles. The van der Waals surface area contributed by atoms with Crippen LogP contribution in [0.25, 0.3) is 0 Å². The van der Waals surface area contributed by atoms with Crippen LogP contribution in [0.3, 0.4) is 0 Å². The van der Waals surface area contributed by atoms with Gasteiger partial charge in [-0.2, -0.15) is 0 Å². The molecule has 1 saturated heterocycles. The molecule has 1 fully saturated rings. The van der Waals surface area contributed by atoms with E-state index in [-0.39, 0.29) is 0 Å². The van der Waals surface area contributed by atoms with E-state index in [0.717, 1.165) is 17.7 Å². The Bertz CT molecular complexity index is 439. The summed E-state index contributed by atoms with van der Waals surface area (Å²) >= 11 is 0. The first-order valence-corrected chi connectivity index (χ1v) is 7.99. The number of hydrogen-bond donors (Lipinski definition) is 2. The number of nitrogens with two attached hydrogens (primary N) is 1. The molecule has 1 heterocycles. The summed E-state index contributed by atoms with van der Waals surface area (Å²) in [4.78, 5) is 2.42. The fraction of sp³-hybridized carbons (Fsp3) is 0.647. The van der Waals surface area contributed by atoms with Crippen LogP contribution in [0, 0.1) is 0 Å². The second kappa shape index (κ2) is 7.78. The minimum Gasteiger partial charge on any atom is -0.491 e. The number of benzene rings is 1. The summed E-state index contributed by atoms with van der Waals surface area (Å²) in [5, 5.41) is 10.2. The number of aliphatic hydroxyl groups is 1. The molecule has 1 aliphatic rings. The van der Waals surface area contributed by atoms with Crippen molar-refractivity contribution in [1.82, 2.24) is 4.90 Å². The molecule has 4 nitrogen and oxygen atoms in total. The Labute approximate surface area is 127 Å². The molecule has 0 radical (unpaired) electrons. The molecule has 0 saturated carbocycles. The number of β-amino-alcohol motifs (C(OH)–C–C–N with tert-alkyl or cyclic N) is 1. The van der Waals surface area contributed by atoms with Crippen LogP contribution in [0.2, 0.25) is 0 Å². The largest absolute Gasteiger partial charge is 0.491 e. The molecule has 3 N–H and O–H groups in total. The van der Waals surface area contributed by atoms with Crippen molar-refractivity contribution in [3.63, 3.8) is 0 Å². The maximum absolute atomic E-state index is 10.2. The monoisotopic (exact) mass is 292 g/mol. The highest BCUT2D eigenvalue weighted by Crippen LogP contribution is 2.26. The van der Waals surface area contributed by atoms with Crippen LogP contribution < -0.4 is 10.5 Å². The first-order chi connectivity index (χ1) is 10.1. The highest BCUT2D eigenvalue weighted by molar-refractivity contribution is 5.28. The average molecular weight is 292 g/mol. The number of hydrogen-bond acceptors (Lipinski definition) is 4. The highest BCUT2D eigenvalue weighted by atomic mass is 16.5. The maximum Gasteiger partial charge on any atom is 0.119 e. The summed E-state index contributed by atoms with van der Waals surface area (Å²) in [6, 6.07) is 8.90. The van der Waals surface area contributed by atoms with E-state index >= 15 is 0 Å². The lowest BCUT2D eigenvalue weighted by Gasteiger charge is -2.29. The molecule has 0 spiro atoms. The molecule has 1 aromatic carbocycles. The zero-order valence-electron chi connectivity index (χ0n) is 13.2. The van der Waals surface area contributed by atoms with Gasteiger partial charge in [0.15, 0.2) is 0 Å². The molecular weight excluding hydrogens is 264 g/mol. The molecule has 1 aromatic rings. The van der Waals surface area contributed by atoms with Crippen molar-refractivity contribution >= 4 is 0 Å². The van der Waals surface area contributed by atoms with Gasteiger partial charge in [-0.15, -0.1) is 0 Å². The van der Waals surface area contributed by atoms with Gasteiger partial charge in [0, 0.05) is 25.2 Å². The minimum atomic E-state index is -0.457. The third-order valence-electron chi connectivity index (χ3n) is 4.42. The van der Waals surface area contributed by atoms with Crippen LogP contribution in [-0.4, -0.2) is 41.3 Å². The van der Waals surface area contributed by atoms with E-state index in [0.29, 0.717) is 31.8 Å². The Morgan fingerprint density at radius 2 is 2.24 bits per heavy atom. The second-order valence-corrected chi connectivity index (χ2v) is 6.00. The minimum absolute atomic E-state index is 0.327. The van der Waals surface area contributed by atoms with Crippen molar-refractivity contribution in [3.8, 4) is 5.75 Å². The van der Waals surface area contributed by atoms with Crippen LogP contribution in [0.4, 0.5) is 0 Å². The lowest BCUT2D eigenvalue weighted by Crippen LogP contribution is -2.41. The molecule has 3 unspecified atom stereocenters. The molecule has 0 aliphatic carbocycles. The van der Waals surface area contributed by atoms with Crippen molar-refractivity contribution in [2.24, 2.45) is 5.73 Å². The number of ether oxygens (including phenoxy) is 1. The number of nitrogens with zero attached hydrogens (tertiary/aromatic N) is 1. The molecule has 2 rings (SSSR count). The fourth-order valence-corrected chi connectivity index (χ4v) is 3.14. The van der Waals surface area contributed by atoms with Crippen molar-refractivity contribution in [3.05, 3.63) is 29.8 Å². The number of likely N-dealkylation sites (tertiary alicyclic amines) is 1. The van der Waals surface area contributed by atoms with E-state index < -0.39 is 6.10 Å². The van der Waals surface area contributed by atoms with Gasteiger partial charge in [0.2, 0.25) is 0 Å². The SMILES string of the molecule is CCC1CCC(C)N1CC(O)COc1cccc(CN)c1. The Hall–Kier alpha value is -1.10. The van der Waals surface area contributed by atoms with Gasteiger partial charge >= 0.3 is 0 Å². The molecule has 4 heteroatoms. The fourth-order valence-electron chi connectivity index (χ4n) is 3.14. The predicted octanol–water partition coefficient (Wildman–Crippen LogP) is 2.15. The third kappa shape index (κ3) is 4.43. The standard InChI is InChI=1S/C17H28N2O2/c1-3-15-8-7-13(2)19(15)11-16(20)12-21-17-6-4-5-14(9-17)10-18/h4-6,9,13,15-16,20H,3,7-8,10-12,18H2,1-2H3. The predicted molar refractivity (Wildman–Crippen MR) is 85.3 cm³/mol. The quantitative estimate of drug-likeness (QED) is 0.808. The van der Waals surface area contributed by atoms with Gasteiger partial charge in [-0.25, -0.2) is 0 Å². The van der Waals surface area contributed by atoms with Crippen LogP contribution in [-0.2, 0) is 6.54 Å². The molecule has 0 bridgehead atoms. The summed E-state index contributed by atoms with van der Waals surface area (Å²) in [5.74, 6) is 0.776. The van der Waals surface area contributed by atoms with Gasteiger partial charge in [-0.1, -0.05) is 19.1 Å². The molecule has 21 heavy (non-hydrogen) atoms. The lowest BCUT2D eigenvalue weighted by molar-refractivity contribution is 0.0513. The van der Waals surface area contributed by atoms with Crippen molar-refractivity contribution in [1.29, 1.82) is 0 Å². The van der Waals surface area contributed by atoms with E-state index in [4.69, 9.17) is 10.5 Å². The van der Waals surface area contributed by atoms with Crippen molar-refractivity contribution in [2.45, 2.75) is 57.8 Å². The lowest BCUT2D eigenvalue weighted by atomic mass is 10.1. The number of aliphatic hydroxyl groups excluding tert-OH is 1. The maximum atomic E-state index is 10.2. The van der Waals surface area contributed by atoms with Gasteiger partial charge in [-0.3, -0.25) is 4.90 Å². The summed E-state index contributed by atoms with van der Waals surface area (Å²) in [7, 11) is 0. The van der Waals surface area contributed by atoms with Gasteiger partial charge in [0.25, 0.3) is 0 Å². The first kappa shape index (κ1) is 16.3. The summed E-state index contributed by atoms with van der Waals surface area (Å²) in [5.41, 5.74) is 6.66. The van der Waals surface area contributed by atoms with Crippen LogP contribution >= 0.6 is 0 Å². The molecule has 3 atom stereocenters. The van der Waals surface area contributed by atoms with E-state index in [2.05, 4.69) is 18.7 Å². The van der Waals surface area contributed by atoms with Gasteiger partial charge in [0.1, 0.15) is 18.5 Å². The molecule has 0 amide bonds. The first-order valence-electron chi connectivity index (χ1n) is 7.99. The van der Waals surface area contributed by atoms with Gasteiger partial charge < -0.3 is 15.6 Å². The Morgan fingerprint density at radius 1 is 1.43 bits per heavy atom. The Balaban J connectivity index is 1.82. The van der Waals surface area contributed by atoms with Crippen molar-refractivity contribution < 1.29 is 9.84 Å². The van der Waals surface area contributed by atoms with Gasteiger partial charge in [-0.05, 0) is 43.9 Å². The summed E-state index contributed by atoms with van der Waals surface area (Å²) in [6.45, 7) is 5.98. The third-order valence-corrected chi connectivity index (χ3v) is 4.42. The molecule has 118 valence electrons. The zero-order chi connectivity index (χ0) is 15.2. The second-order valence-electron chi connectivity index (χ2n) is 6.00. The molecular formula is C17H28N2O2. The zero-order valence-corrected chi connectivity index (χ0v) is 13.2. The van der Waals surface area contributed by atoms with E-state index in [1.165, 1.54) is 12.8 Å². The highest BCUT2D eigenvalue weighted by Gasteiger charge is 2.30. The Kier molecular flexibility index (Phi) is 6.03. The van der Waals surface area contributed by atoms with Crippen LogP contribution in [0.5, 0.6) is 5.75 Å². The van der Waals surface area contributed by atoms with Crippen molar-refractivity contribution in [2.75, 3.05) is 13.2 Å². The van der Waals surface area contributed by atoms with E-state index in [1.54, 1.807) is 0 Å². The number of rotatable bonds is 7. The van der Waals surface area contributed by atoms with E-state index in [9.17, 15) is 5.11 Å². The summed E-state index contributed by atoms with van der Waals surface area (Å²) in [6.07, 6.45) is 3.16.